The molecular weight excluding hydrogens is 278 g/mol. The van der Waals surface area contributed by atoms with Gasteiger partial charge in [0.1, 0.15) is 10.9 Å². The summed E-state index contributed by atoms with van der Waals surface area (Å²) in [5, 5.41) is 9.63. The summed E-state index contributed by atoms with van der Waals surface area (Å²) in [6.45, 7) is 0.354. The van der Waals surface area contributed by atoms with E-state index in [1.165, 1.54) is 17.2 Å². The van der Waals surface area contributed by atoms with Crippen LogP contribution in [0.15, 0.2) is 36.5 Å². The number of phenols is 1. The number of pyridine rings is 1. The number of aromatic nitrogens is 1. The Hall–Kier alpha value is -2.27. The SMILES string of the molecule is CN(Cc1cccc(O)c1)C(=O)c1cc(Cl)ncc1N. The number of anilines is 1. The van der Waals surface area contributed by atoms with Crippen molar-refractivity contribution < 1.29 is 9.90 Å². The second-order valence-electron chi connectivity index (χ2n) is 4.43. The van der Waals surface area contributed by atoms with E-state index in [1.54, 1.807) is 25.2 Å². The van der Waals surface area contributed by atoms with Crippen molar-refractivity contribution >= 4 is 23.2 Å². The molecule has 104 valence electrons. The first kappa shape index (κ1) is 14.1. The van der Waals surface area contributed by atoms with E-state index in [9.17, 15) is 9.90 Å². The molecule has 0 saturated carbocycles. The second-order valence-corrected chi connectivity index (χ2v) is 4.81. The van der Waals surface area contributed by atoms with Crippen molar-refractivity contribution in [1.29, 1.82) is 0 Å². The normalized spacial score (nSPS) is 10.3. The first-order chi connectivity index (χ1) is 9.47. The molecule has 2 rings (SSSR count). The van der Waals surface area contributed by atoms with E-state index in [1.807, 2.05) is 6.07 Å². The van der Waals surface area contributed by atoms with Crippen molar-refractivity contribution in [2.75, 3.05) is 12.8 Å². The Morgan fingerprint density at radius 1 is 1.45 bits per heavy atom. The van der Waals surface area contributed by atoms with Crippen molar-refractivity contribution in [2.24, 2.45) is 0 Å². The summed E-state index contributed by atoms with van der Waals surface area (Å²) >= 11 is 5.78. The summed E-state index contributed by atoms with van der Waals surface area (Å²) in [7, 11) is 1.65. The highest BCUT2D eigenvalue weighted by Gasteiger charge is 2.16. The quantitative estimate of drug-likeness (QED) is 0.850. The Balaban J connectivity index is 2.18. The molecule has 6 heteroatoms. The number of rotatable bonds is 3. The lowest BCUT2D eigenvalue weighted by Gasteiger charge is -2.18. The van der Waals surface area contributed by atoms with E-state index < -0.39 is 0 Å². The maximum Gasteiger partial charge on any atom is 0.256 e. The molecule has 0 aliphatic rings. The molecule has 0 fully saturated rings. The van der Waals surface area contributed by atoms with Gasteiger partial charge >= 0.3 is 0 Å². The van der Waals surface area contributed by atoms with Gasteiger partial charge in [0.05, 0.1) is 17.4 Å². The summed E-state index contributed by atoms with van der Waals surface area (Å²) in [6.07, 6.45) is 1.36. The van der Waals surface area contributed by atoms with Crippen LogP contribution < -0.4 is 5.73 Å². The maximum absolute atomic E-state index is 12.3. The van der Waals surface area contributed by atoms with Crippen LogP contribution in [-0.4, -0.2) is 27.9 Å². The number of phenolic OH excluding ortho intramolecular Hbond substituents is 1. The van der Waals surface area contributed by atoms with Crippen LogP contribution in [0.1, 0.15) is 15.9 Å². The van der Waals surface area contributed by atoms with Gasteiger partial charge in [-0.3, -0.25) is 4.79 Å². The molecular formula is C14H14ClN3O2. The van der Waals surface area contributed by atoms with Gasteiger partial charge in [0.15, 0.2) is 0 Å². The highest BCUT2D eigenvalue weighted by Crippen LogP contribution is 2.18. The molecule has 0 atom stereocenters. The van der Waals surface area contributed by atoms with Gasteiger partial charge in [0.2, 0.25) is 0 Å². The van der Waals surface area contributed by atoms with Crippen molar-refractivity contribution in [3.63, 3.8) is 0 Å². The lowest BCUT2D eigenvalue weighted by atomic mass is 10.1. The fourth-order valence-electron chi connectivity index (χ4n) is 1.83. The molecule has 5 nitrogen and oxygen atoms in total. The van der Waals surface area contributed by atoms with Gasteiger partial charge in [0, 0.05) is 13.6 Å². The Kier molecular flexibility index (Phi) is 4.10. The molecule has 0 unspecified atom stereocenters. The smallest absolute Gasteiger partial charge is 0.256 e. The molecule has 20 heavy (non-hydrogen) atoms. The van der Waals surface area contributed by atoms with Gasteiger partial charge < -0.3 is 15.7 Å². The average Bonchev–Trinajstić information content (AvgIpc) is 2.40. The standard InChI is InChI=1S/C14H14ClN3O2/c1-18(8-9-3-2-4-10(19)5-9)14(20)11-6-13(15)17-7-12(11)16/h2-7,19H,8,16H2,1H3. The number of nitrogens with zero attached hydrogens (tertiary/aromatic N) is 2. The van der Waals surface area contributed by atoms with Crippen LogP contribution in [0.5, 0.6) is 5.75 Å². The number of nitrogens with two attached hydrogens (primary N) is 1. The number of nitrogen functional groups attached to an aromatic ring is 1. The predicted molar refractivity (Wildman–Crippen MR) is 77.6 cm³/mol. The first-order valence-corrected chi connectivity index (χ1v) is 6.29. The van der Waals surface area contributed by atoms with E-state index in [-0.39, 0.29) is 22.5 Å². The van der Waals surface area contributed by atoms with Crippen LogP contribution in [0.3, 0.4) is 0 Å². The molecule has 1 aromatic carbocycles. The number of aromatic hydroxyl groups is 1. The number of amides is 1. The van der Waals surface area contributed by atoms with Crippen LogP contribution in [0, 0.1) is 0 Å². The minimum absolute atomic E-state index is 0.162. The van der Waals surface area contributed by atoms with Crippen molar-refractivity contribution in [3.05, 3.63) is 52.8 Å². The van der Waals surface area contributed by atoms with E-state index in [0.717, 1.165) is 5.56 Å². The molecule has 1 aromatic heterocycles. The molecule has 1 heterocycles. The number of hydrogen-bond acceptors (Lipinski definition) is 4. The summed E-state index contributed by atoms with van der Waals surface area (Å²) in [4.78, 5) is 17.6. The molecule has 0 spiro atoms. The molecule has 2 aromatic rings. The molecule has 1 amide bonds. The third-order valence-corrected chi connectivity index (χ3v) is 3.02. The minimum Gasteiger partial charge on any atom is -0.508 e. The van der Waals surface area contributed by atoms with Gasteiger partial charge in [-0.25, -0.2) is 4.98 Å². The van der Waals surface area contributed by atoms with Crippen molar-refractivity contribution in [1.82, 2.24) is 9.88 Å². The zero-order valence-electron chi connectivity index (χ0n) is 10.9. The van der Waals surface area contributed by atoms with E-state index in [0.29, 0.717) is 12.1 Å². The van der Waals surface area contributed by atoms with E-state index in [4.69, 9.17) is 17.3 Å². The molecule has 0 radical (unpaired) electrons. The zero-order chi connectivity index (χ0) is 14.7. The fourth-order valence-corrected chi connectivity index (χ4v) is 1.99. The van der Waals surface area contributed by atoms with Gasteiger partial charge in [-0.15, -0.1) is 0 Å². The third kappa shape index (κ3) is 3.19. The third-order valence-electron chi connectivity index (χ3n) is 2.81. The summed E-state index contributed by atoms with van der Waals surface area (Å²) in [5.41, 5.74) is 7.15. The average molecular weight is 292 g/mol. The van der Waals surface area contributed by atoms with Crippen molar-refractivity contribution in [2.45, 2.75) is 6.54 Å². The van der Waals surface area contributed by atoms with Gasteiger partial charge in [-0.1, -0.05) is 23.7 Å². The summed E-state index contributed by atoms with van der Waals surface area (Å²) in [5.74, 6) is -0.0926. The molecule has 3 N–H and O–H groups in total. The lowest BCUT2D eigenvalue weighted by molar-refractivity contribution is 0.0786. The number of hydrogen-bond donors (Lipinski definition) is 2. The monoisotopic (exact) mass is 291 g/mol. The van der Waals surface area contributed by atoms with Crippen molar-refractivity contribution in [3.8, 4) is 5.75 Å². The molecule has 0 saturated heterocycles. The Bertz CT molecular complexity index is 646. The second kappa shape index (κ2) is 5.79. The highest BCUT2D eigenvalue weighted by molar-refractivity contribution is 6.29. The Morgan fingerprint density at radius 3 is 2.90 bits per heavy atom. The molecule has 0 aliphatic heterocycles. The first-order valence-electron chi connectivity index (χ1n) is 5.92. The van der Waals surface area contributed by atoms with E-state index >= 15 is 0 Å². The van der Waals surface area contributed by atoms with Gasteiger partial charge in [0.25, 0.3) is 5.91 Å². The Labute approximate surface area is 121 Å². The number of carbonyl (C=O) groups excluding carboxylic acids is 1. The largest absolute Gasteiger partial charge is 0.508 e. The van der Waals surface area contributed by atoms with Gasteiger partial charge in [-0.2, -0.15) is 0 Å². The lowest BCUT2D eigenvalue weighted by Crippen LogP contribution is -2.27. The van der Waals surface area contributed by atoms with Crippen LogP contribution in [-0.2, 0) is 6.54 Å². The number of carbonyl (C=O) groups is 1. The Morgan fingerprint density at radius 2 is 2.20 bits per heavy atom. The number of benzene rings is 1. The van der Waals surface area contributed by atoms with Crippen LogP contribution >= 0.6 is 11.6 Å². The number of halogens is 1. The van der Waals surface area contributed by atoms with Crippen LogP contribution in [0.25, 0.3) is 0 Å². The molecule has 0 aliphatic carbocycles. The van der Waals surface area contributed by atoms with Gasteiger partial charge in [-0.05, 0) is 23.8 Å². The summed E-state index contributed by atoms with van der Waals surface area (Å²) in [6, 6.07) is 8.17. The fraction of sp³-hybridized carbons (Fsp3) is 0.143. The predicted octanol–water partition coefficient (Wildman–Crippen LogP) is 2.29. The minimum atomic E-state index is -0.254. The van der Waals surface area contributed by atoms with Crippen LogP contribution in [0.4, 0.5) is 5.69 Å². The van der Waals surface area contributed by atoms with Crippen LogP contribution in [0.2, 0.25) is 5.15 Å². The maximum atomic E-state index is 12.3. The topological polar surface area (TPSA) is 79.5 Å². The van der Waals surface area contributed by atoms with E-state index in [2.05, 4.69) is 4.98 Å². The summed E-state index contributed by atoms with van der Waals surface area (Å²) < 4.78 is 0. The highest BCUT2D eigenvalue weighted by atomic mass is 35.5. The zero-order valence-corrected chi connectivity index (χ0v) is 11.6. The molecule has 0 bridgehead atoms.